The van der Waals surface area contributed by atoms with Crippen molar-refractivity contribution in [2.45, 2.75) is 47.6 Å². The molecule has 1 aromatic heterocycles. The molecule has 168 valence electrons. The highest BCUT2D eigenvalue weighted by molar-refractivity contribution is 5.99. The van der Waals surface area contributed by atoms with Crippen LogP contribution in [-0.4, -0.2) is 42.4 Å². The van der Waals surface area contributed by atoms with Crippen molar-refractivity contribution in [3.63, 3.8) is 0 Å². The third-order valence-electron chi connectivity index (χ3n) is 5.08. The Morgan fingerprint density at radius 1 is 1.03 bits per heavy atom. The van der Waals surface area contributed by atoms with E-state index >= 15 is 0 Å². The second-order valence-corrected chi connectivity index (χ2v) is 7.91. The molecule has 0 atom stereocenters. The maximum Gasteiger partial charge on any atom is 0.344 e. The molecule has 1 aromatic carbocycles. The second kappa shape index (κ2) is 10.8. The average Bonchev–Trinajstić information content (AvgIpc) is 3.02. The molecule has 0 saturated carbocycles. The third kappa shape index (κ3) is 6.44. The van der Waals surface area contributed by atoms with Gasteiger partial charge in [0.1, 0.15) is 0 Å². The van der Waals surface area contributed by atoms with Gasteiger partial charge < -0.3 is 18.8 Å². The molecule has 0 aliphatic heterocycles. The lowest BCUT2D eigenvalue weighted by Crippen LogP contribution is -2.20. The van der Waals surface area contributed by atoms with Gasteiger partial charge in [-0.1, -0.05) is 13.8 Å². The maximum atomic E-state index is 12.6. The van der Waals surface area contributed by atoms with Crippen LogP contribution in [0, 0.1) is 19.8 Å². The Hall–Kier alpha value is -3.09. The Morgan fingerprint density at radius 3 is 2.35 bits per heavy atom. The highest BCUT2D eigenvalue weighted by Crippen LogP contribution is 2.28. The first-order chi connectivity index (χ1) is 14.6. The molecule has 0 N–H and O–H groups in total. The van der Waals surface area contributed by atoms with E-state index in [1.807, 2.05) is 19.9 Å². The molecule has 0 spiro atoms. The zero-order valence-corrected chi connectivity index (χ0v) is 19.1. The number of ketones is 2. The standard InChI is InChI=1S/C24H31NO6/c1-15(2)9-10-25-16(3)11-20(17(25)4)21(27)13-31-24(28)14-30-22-8-7-19(18(5)26)12-23(22)29-6/h7-8,11-12,15H,9-10,13-14H2,1-6H3. The molecule has 0 unspecified atom stereocenters. The minimum atomic E-state index is -0.667. The van der Waals surface area contributed by atoms with Gasteiger partial charge in [0, 0.05) is 29.1 Å². The summed E-state index contributed by atoms with van der Waals surface area (Å²) in [6.07, 6.45) is 1.02. The van der Waals surface area contributed by atoms with Crippen molar-refractivity contribution in [3.05, 3.63) is 46.8 Å². The molecule has 2 rings (SSSR count). The molecule has 0 aliphatic carbocycles. The van der Waals surface area contributed by atoms with Gasteiger partial charge in [0.25, 0.3) is 0 Å². The molecular formula is C24H31NO6. The van der Waals surface area contributed by atoms with Crippen LogP contribution in [0.5, 0.6) is 11.5 Å². The van der Waals surface area contributed by atoms with Crippen LogP contribution in [0.3, 0.4) is 0 Å². The van der Waals surface area contributed by atoms with E-state index in [0.29, 0.717) is 28.5 Å². The van der Waals surface area contributed by atoms with E-state index in [0.717, 1.165) is 24.4 Å². The van der Waals surface area contributed by atoms with E-state index in [4.69, 9.17) is 14.2 Å². The van der Waals surface area contributed by atoms with Crippen molar-refractivity contribution in [1.29, 1.82) is 0 Å². The summed E-state index contributed by atoms with van der Waals surface area (Å²) in [7, 11) is 1.45. The number of hydrogen-bond donors (Lipinski definition) is 0. The Labute approximate surface area is 183 Å². The number of ether oxygens (including phenoxy) is 3. The van der Waals surface area contributed by atoms with Crippen LogP contribution in [0.1, 0.15) is 59.3 Å². The molecule has 1 heterocycles. The van der Waals surface area contributed by atoms with Crippen LogP contribution >= 0.6 is 0 Å². The number of aromatic nitrogens is 1. The Morgan fingerprint density at radius 2 is 1.74 bits per heavy atom. The van der Waals surface area contributed by atoms with Gasteiger partial charge in [-0.15, -0.1) is 0 Å². The molecule has 0 fully saturated rings. The zero-order valence-electron chi connectivity index (χ0n) is 19.1. The molecular weight excluding hydrogens is 398 g/mol. The van der Waals surface area contributed by atoms with Crippen LogP contribution in [0.4, 0.5) is 0 Å². The predicted molar refractivity (Wildman–Crippen MR) is 117 cm³/mol. The van der Waals surface area contributed by atoms with E-state index < -0.39 is 5.97 Å². The summed E-state index contributed by atoms with van der Waals surface area (Å²) in [4.78, 5) is 36.1. The number of carbonyl (C=O) groups excluding carboxylic acids is 3. The van der Waals surface area contributed by atoms with Crippen molar-refractivity contribution in [3.8, 4) is 11.5 Å². The molecule has 0 saturated heterocycles. The third-order valence-corrected chi connectivity index (χ3v) is 5.08. The van der Waals surface area contributed by atoms with Crippen LogP contribution in [-0.2, 0) is 16.1 Å². The lowest BCUT2D eigenvalue weighted by atomic mass is 10.1. The minimum absolute atomic E-state index is 0.105. The summed E-state index contributed by atoms with van der Waals surface area (Å²) in [5.74, 6) is 0.195. The van der Waals surface area contributed by atoms with Gasteiger partial charge in [0.15, 0.2) is 30.5 Å². The largest absolute Gasteiger partial charge is 0.493 e. The normalized spacial score (nSPS) is 10.8. The molecule has 0 amide bonds. The van der Waals surface area contributed by atoms with Gasteiger partial charge in [-0.25, -0.2) is 4.79 Å². The number of methoxy groups -OCH3 is 1. The first-order valence-corrected chi connectivity index (χ1v) is 10.3. The lowest BCUT2D eigenvalue weighted by molar-refractivity contribution is -0.144. The first kappa shape index (κ1) is 24.2. The SMILES string of the molecule is COc1cc(C(C)=O)ccc1OCC(=O)OCC(=O)c1cc(C)n(CCC(C)C)c1C. The number of hydrogen-bond acceptors (Lipinski definition) is 6. The van der Waals surface area contributed by atoms with E-state index in [1.54, 1.807) is 18.2 Å². The smallest absolute Gasteiger partial charge is 0.344 e. The summed E-state index contributed by atoms with van der Waals surface area (Å²) in [5.41, 5.74) is 2.93. The predicted octanol–water partition coefficient (Wildman–Crippen LogP) is 4.17. The molecule has 0 bridgehead atoms. The Balaban J connectivity index is 1.93. The summed E-state index contributed by atoms with van der Waals surface area (Å²) in [6, 6.07) is 6.52. The molecule has 0 aliphatic rings. The lowest BCUT2D eigenvalue weighted by Gasteiger charge is -2.12. The first-order valence-electron chi connectivity index (χ1n) is 10.3. The number of benzene rings is 1. The van der Waals surface area contributed by atoms with Crippen LogP contribution in [0.15, 0.2) is 24.3 Å². The van der Waals surface area contributed by atoms with Gasteiger partial charge in [-0.2, -0.15) is 0 Å². The number of esters is 1. The summed E-state index contributed by atoms with van der Waals surface area (Å²) < 4.78 is 17.9. The topological polar surface area (TPSA) is 83.8 Å². The van der Waals surface area contributed by atoms with Crippen LogP contribution in [0.2, 0.25) is 0 Å². The number of Topliss-reactive ketones (excluding diaryl/α,β-unsaturated/α-hetero) is 2. The highest BCUT2D eigenvalue weighted by Gasteiger charge is 2.18. The monoisotopic (exact) mass is 429 g/mol. The number of aryl methyl sites for hydroxylation is 1. The van der Waals surface area contributed by atoms with Crippen LogP contribution in [0.25, 0.3) is 0 Å². The van der Waals surface area contributed by atoms with E-state index in [1.165, 1.54) is 14.0 Å². The van der Waals surface area contributed by atoms with Crippen molar-refractivity contribution >= 4 is 17.5 Å². The fraction of sp³-hybridized carbons (Fsp3) is 0.458. The molecule has 7 heteroatoms. The second-order valence-electron chi connectivity index (χ2n) is 7.91. The molecule has 31 heavy (non-hydrogen) atoms. The fourth-order valence-electron chi connectivity index (χ4n) is 3.22. The Bertz CT molecular complexity index is 957. The number of nitrogens with zero attached hydrogens (tertiary/aromatic N) is 1. The van der Waals surface area contributed by atoms with Gasteiger partial charge in [-0.3, -0.25) is 9.59 Å². The number of rotatable bonds is 11. The summed E-state index contributed by atoms with van der Waals surface area (Å²) in [6.45, 7) is 9.76. The molecule has 0 radical (unpaired) electrons. The summed E-state index contributed by atoms with van der Waals surface area (Å²) >= 11 is 0. The van der Waals surface area contributed by atoms with E-state index in [9.17, 15) is 14.4 Å². The zero-order chi connectivity index (χ0) is 23.1. The fourth-order valence-corrected chi connectivity index (χ4v) is 3.22. The van der Waals surface area contributed by atoms with E-state index in [2.05, 4.69) is 18.4 Å². The van der Waals surface area contributed by atoms with Crippen LogP contribution < -0.4 is 9.47 Å². The molecule has 2 aromatic rings. The van der Waals surface area contributed by atoms with Crippen molar-refractivity contribution < 1.29 is 28.6 Å². The van der Waals surface area contributed by atoms with Gasteiger partial charge in [-0.05, 0) is 57.4 Å². The average molecular weight is 430 g/mol. The minimum Gasteiger partial charge on any atom is -0.493 e. The quantitative estimate of drug-likeness (QED) is 0.394. The van der Waals surface area contributed by atoms with E-state index in [-0.39, 0.29) is 24.8 Å². The Kier molecular flexibility index (Phi) is 8.42. The van der Waals surface area contributed by atoms with Gasteiger partial charge >= 0.3 is 5.97 Å². The van der Waals surface area contributed by atoms with Crippen molar-refractivity contribution in [2.75, 3.05) is 20.3 Å². The maximum absolute atomic E-state index is 12.6. The van der Waals surface area contributed by atoms with Crippen molar-refractivity contribution in [1.82, 2.24) is 4.57 Å². The summed E-state index contributed by atoms with van der Waals surface area (Å²) in [5, 5.41) is 0. The van der Waals surface area contributed by atoms with Gasteiger partial charge in [0.2, 0.25) is 5.78 Å². The number of carbonyl (C=O) groups is 3. The molecule has 7 nitrogen and oxygen atoms in total. The van der Waals surface area contributed by atoms with Crippen molar-refractivity contribution in [2.24, 2.45) is 5.92 Å². The van der Waals surface area contributed by atoms with Gasteiger partial charge in [0.05, 0.1) is 7.11 Å². The highest BCUT2D eigenvalue weighted by atomic mass is 16.6.